The SMILES string of the molecule is O=C(Nc1ccc(OCCc2ccccn2)c(Cl)c1)c1ccccc1-c1ccc(C(F)(F)F)cc1. The molecule has 3 aromatic carbocycles. The first-order valence-corrected chi connectivity index (χ1v) is 11.1. The fourth-order valence-corrected chi connectivity index (χ4v) is 3.71. The maximum Gasteiger partial charge on any atom is 0.416 e. The van der Waals surface area contributed by atoms with Gasteiger partial charge < -0.3 is 10.1 Å². The summed E-state index contributed by atoms with van der Waals surface area (Å²) in [5, 5.41) is 3.12. The number of amides is 1. The molecule has 0 aliphatic heterocycles. The molecule has 0 spiro atoms. The molecular weight excluding hydrogens is 477 g/mol. The fraction of sp³-hybridized carbons (Fsp3) is 0.111. The van der Waals surface area contributed by atoms with Crippen LogP contribution in [0, 0.1) is 0 Å². The molecule has 1 N–H and O–H groups in total. The molecule has 0 unspecified atom stereocenters. The Morgan fingerprint density at radius 1 is 0.943 bits per heavy atom. The van der Waals surface area contributed by atoms with E-state index in [1.165, 1.54) is 12.1 Å². The molecule has 0 radical (unpaired) electrons. The average molecular weight is 497 g/mol. The summed E-state index contributed by atoms with van der Waals surface area (Å²) >= 11 is 6.34. The van der Waals surface area contributed by atoms with E-state index >= 15 is 0 Å². The predicted octanol–water partition coefficient (Wildman–Crippen LogP) is 7.29. The van der Waals surface area contributed by atoms with Crippen molar-refractivity contribution in [1.29, 1.82) is 0 Å². The molecule has 4 aromatic rings. The van der Waals surface area contributed by atoms with Crippen LogP contribution < -0.4 is 10.1 Å². The Balaban J connectivity index is 1.45. The van der Waals surface area contributed by atoms with E-state index in [0.29, 0.717) is 46.2 Å². The number of hydrogen-bond acceptors (Lipinski definition) is 3. The van der Waals surface area contributed by atoms with Gasteiger partial charge in [0.15, 0.2) is 0 Å². The third-order valence-corrected chi connectivity index (χ3v) is 5.52. The van der Waals surface area contributed by atoms with Gasteiger partial charge in [0.25, 0.3) is 5.91 Å². The topological polar surface area (TPSA) is 51.2 Å². The van der Waals surface area contributed by atoms with Crippen LogP contribution in [-0.2, 0) is 12.6 Å². The van der Waals surface area contributed by atoms with Crippen LogP contribution in [0.4, 0.5) is 18.9 Å². The lowest BCUT2D eigenvalue weighted by atomic mass is 9.98. The number of alkyl halides is 3. The highest BCUT2D eigenvalue weighted by molar-refractivity contribution is 6.32. The fourth-order valence-electron chi connectivity index (χ4n) is 3.48. The van der Waals surface area contributed by atoms with Crippen LogP contribution in [0.1, 0.15) is 21.6 Å². The Bertz CT molecular complexity index is 1310. The largest absolute Gasteiger partial charge is 0.492 e. The first kappa shape index (κ1) is 24.3. The van der Waals surface area contributed by atoms with Gasteiger partial charge in [-0.3, -0.25) is 9.78 Å². The standard InChI is InChI=1S/C27H20ClF3N2O2/c28-24-17-21(12-13-25(24)35-16-14-20-5-3-4-15-32-20)33-26(34)23-7-2-1-6-22(23)18-8-10-19(11-9-18)27(29,30)31/h1-13,15,17H,14,16H2,(H,33,34). The van der Waals surface area contributed by atoms with Gasteiger partial charge in [0.1, 0.15) is 5.75 Å². The number of aromatic nitrogens is 1. The molecule has 0 atom stereocenters. The van der Waals surface area contributed by atoms with Crippen molar-refractivity contribution in [2.24, 2.45) is 0 Å². The highest BCUT2D eigenvalue weighted by Crippen LogP contribution is 2.32. The summed E-state index contributed by atoms with van der Waals surface area (Å²) in [5.41, 5.74) is 1.94. The molecular formula is C27H20ClF3N2O2. The number of pyridine rings is 1. The van der Waals surface area contributed by atoms with Crippen molar-refractivity contribution in [2.75, 3.05) is 11.9 Å². The Hall–Kier alpha value is -3.84. The minimum Gasteiger partial charge on any atom is -0.492 e. The highest BCUT2D eigenvalue weighted by atomic mass is 35.5. The zero-order valence-corrected chi connectivity index (χ0v) is 19.1. The molecule has 0 bridgehead atoms. The monoisotopic (exact) mass is 496 g/mol. The first-order chi connectivity index (χ1) is 16.8. The second-order valence-corrected chi connectivity index (χ2v) is 8.05. The molecule has 1 amide bonds. The minimum atomic E-state index is -4.43. The smallest absolute Gasteiger partial charge is 0.416 e. The van der Waals surface area contributed by atoms with Gasteiger partial charge in [0.2, 0.25) is 0 Å². The van der Waals surface area contributed by atoms with Gasteiger partial charge in [-0.25, -0.2) is 0 Å². The van der Waals surface area contributed by atoms with Crippen molar-refractivity contribution in [3.8, 4) is 16.9 Å². The van der Waals surface area contributed by atoms with Crippen molar-refractivity contribution in [1.82, 2.24) is 4.98 Å². The van der Waals surface area contributed by atoms with Gasteiger partial charge in [0.05, 0.1) is 17.2 Å². The number of rotatable bonds is 7. The highest BCUT2D eigenvalue weighted by Gasteiger charge is 2.30. The van der Waals surface area contributed by atoms with Gasteiger partial charge >= 0.3 is 6.18 Å². The Morgan fingerprint density at radius 3 is 2.37 bits per heavy atom. The number of nitrogens with one attached hydrogen (secondary N) is 1. The molecule has 1 heterocycles. The Morgan fingerprint density at radius 2 is 1.69 bits per heavy atom. The van der Waals surface area contributed by atoms with Crippen LogP contribution >= 0.6 is 11.6 Å². The van der Waals surface area contributed by atoms with Crippen molar-refractivity contribution >= 4 is 23.2 Å². The van der Waals surface area contributed by atoms with Crippen LogP contribution in [-0.4, -0.2) is 17.5 Å². The zero-order chi connectivity index (χ0) is 24.8. The zero-order valence-electron chi connectivity index (χ0n) is 18.4. The lowest BCUT2D eigenvalue weighted by molar-refractivity contribution is -0.137. The number of carbonyl (C=O) groups is 1. The van der Waals surface area contributed by atoms with Crippen molar-refractivity contribution in [3.63, 3.8) is 0 Å². The number of hydrogen-bond donors (Lipinski definition) is 1. The summed E-state index contributed by atoms with van der Waals surface area (Å²) in [6, 6.07) is 22.0. The molecule has 0 aliphatic rings. The molecule has 4 nitrogen and oxygen atoms in total. The maximum absolute atomic E-state index is 13.0. The number of benzene rings is 3. The first-order valence-electron chi connectivity index (χ1n) is 10.7. The number of nitrogens with zero attached hydrogens (tertiary/aromatic N) is 1. The predicted molar refractivity (Wildman–Crippen MR) is 130 cm³/mol. The molecule has 0 aliphatic carbocycles. The van der Waals surface area contributed by atoms with Gasteiger partial charge in [0, 0.05) is 29.6 Å². The minimum absolute atomic E-state index is 0.319. The summed E-state index contributed by atoms with van der Waals surface area (Å²) in [6.45, 7) is 0.392. The van der Waals surface area contributed by atoms with Crippen LogP contribution in [0.5, 0.6) is 5.75 Å². The van der Waals surface area contributed by atoms with Gasteiger partial charge in [-0.1, -0.05) is 48.0 Å². The second kappa shape index (κ2) is 10.6. The van der Waals surface area contributed by atoms with E-state index in [1.54, 1.807) is 48.7 Å². The van der Waals surface area contributed by atoms with Crippen LogP contribution in [0.3, 0.4) is 0 Å². The molecule has 0 saturated carbocycles. The molecule has 35 heavy (non-hydrogen) atoms. The average Bonchev–Trinajstić information content (AvgIpc) is 2.85. The second-order valence-electron chi connectivity index (χ2n) is 7.64. The maximum atomic E-state index is 13.0. The van der Waals surface area contributed by atoms with E-state index in [1.807, 2.05) is 18.2 Å². The van der Waals surface area contributed by atoms with Crippen LogP contribution in [0.15, 0.2) is 91.1 Å². The molecule has 0 saturated heterocycles. The third-order valence-electron chi connectivity index (χ3n) is 5.23. The van der Waals surface area contributed by atoms with E-state index in [4.69, 9.17) is 16.3 Å². The van der Waals surface area contributed by atoms with Gasteiger partial charge in [-0.15, -0.1) is 0 Å². The summed E-state index contributed by atoms with van der Waals surface area (Å²) in [7, 11) is 0. The normalized spacial score (nSPS) is 11.2. The Kier molecular flexibility index (Phi) is 7.36. The van der Waals surface area contributed by atoms with Crippen LogP contribution in [0.2, 0.25) is 5.02 Å². The molecule has 178 valence electrons. The van der Waals surface area contributed by atoms with E-state index < -0.39 is 17.6 Å². The molecule has 1 aromatic heterocycles. The van der Waals surface area contributed by atoms with E-state index in [2.05, 4.69) is 10.3 Å². The summed E-state index contributed by atoms with van der Waals surface area (Å²) < 4.78 is 44.4. The lowest BCUT2D eigenvalue weighted by Gasteiger charge is -2.13. The van der Waals surface area contributed by atoms with E-state index in [-0.39, 0.29) is 0 Å². The number of carbonyl (C=O) groups excluding carboxylic acids is 1. The molecule has 4 rings (SSSR count). The van der Waals surface area contributed by atoms with Crippen molar-refractivity contribution in [2.45, 2.75) is 12.6 Å². The number of ether oxygens (including phenoxy) is 1. The summed E-state index contributed by atoms with van der Waals surface area (Å²) in [4.78, 5) is 17.2. The van der Waals surface area contributed by atoms with E-state index in [0.717, 1.165) is 17.8 Å². The quantitative estimate of drug-likeness (QED) is 0.292. The lowest BCUT2D eigenvalue weighted by Crippen LogP contribution is -2.13. The van der Waals surface area contributed by atoms with E-state index in [9.17, 15) is 18.0 Å². The van der Waals surface area contributed by atoms with Crippen molar-refractivity contribution < 1.29 is 22.7 Å². The molecule has 8 heteroatoms. The summed E-state index contributed by atoms with van der Waals surface area (Å²) in [5.74, 6) is 0.0612. The molecule has 0 fully saturated rings. The summed E-state index contributed by atoms with van der Waals surface area (Å²) in [6.07, 6.45) is -2.09. The number of anilines is 1. The number of halogens is 4. The third kappa shape index (κ3) is 6.19. The van der Waals surface area contributed by atoms with Crippen LogP contribution in [0.25, 0.3) is 11.1 Å². The Labute approximate surface area is 205 Å². The van der Waals surface area contributed by atoms with Gasteiger partial charge in [-0.2, -0.15) is 13.2 Å². The van der Waals surface area contributed by atoms with Crippen molar-refractivity contribution in [3.05, 3.63) is 113 Å². The van der Waals surface area contributed by atoms with Gasteiger partial charge in [-0.05, 0) is 59.7 Å².